The van der Waals surface area contributed by atoms with Crippen LogP contribution in [0.15, 0.2) is 30.6 Å². The third-order valence-corrected chi connectivity index (χ3v) is 6.89. The van der Waals surface area contributed by atoms with Crippen LogP contribution in [0.3, 0.4) is 0 Å². The molecule has 164 valence electrons. The van der Waals surface area contributed by atoms with Crippen molar-refractivity contribution in [3.05, 3.63) is 36.4 Å². The second kappa shape index (κ2) is 6.99. The fraction of sp³-hybridized carbons (Fsp3) is 0.409. The van der Waals surface area contributed by atoms with Crippen LogP contribution in [0.25, 0.3) is 11.2 Å². The number of nitrogens with zero attached hydrogens (tertiary/aromatic N) is 6. The van der Waals surface area contributed by atoms with Crippen molar-refractivity contribution in [3.8, 4) is 0 Å². The average Bonchev–Trinajstić information content (AvgIpc) is 3.54. The standard InChI is InChI=1S/C22H24N8O2/c1-28-18-17(27-20(28)21(31)23-12-14-6-7-14)19(25-13-24-18)29-8-10-30(11-9-29)16-5-3-2-4-15(16)26-22(30)32/h2-5,13-14H,6-12H2,1H3,(H-,23,26,31,32)/p+1. The molecule has 10 heteroatoms. The Bertz CT molecular complexity index is 1240. The van der Waals surface area contributed by atoms with Gasteiger partial charge >= 0.3 is 6.03 Å². The Hall–Kier alpha value is -3.53. The van der Waals surface area contributed by atoms with E-state index < -0.39 is 0 Å². The number of aromatic nitrogens is 4. The van der Waals surface area contributed by atoms with Crippen molar-refractivity contribution in [2.75, 3.05) is 42.9 Å². The summed E-state index contributed by atoms with van der Waals surface area (Å²) < 4.78 is 2.03. The lowest BCUT2D eigenvalue weighted by Crippen LogP contribution is -2.63. The lowest BCUT2D eigenvalue weighted by molar-refractivity contribution is 0.0938. The fourth-order valence-electron chi connectivity index (χ4n) is 4.81. The molecule has 3 amide bonds. The van der Waals surface area contributed by atoms with E-state index in [1.807, 2.05) is 24.3 Å². The third-order valence-electron chi connectivity index (χ3n) is 6.89. The highest BCUT2D eigenvalue weighted by atomic mass is 16.2. The first-order chi connectivity index (χ1) is 15.6. The maximum Gasteiger partial charge on any atom is 0.426 e. The Morgan fingerprint density at radius 1 is 1.22 bits per heavy atom. The molecule has 1 aromatic carbocycles. The Balaban J connectivity index is 1.28. The molecule has 3 aliphatic rings. The van der Waals surface area contributed by atoms with Crippen molar-refractivity contribution in [1.29, 1.82) is 0 Å². The lowest BCUT2D eigenvalue weighted by Gasteiger charge is -2.39. The van der Waals surface area contributed by atoms with Gasteiger partial charge in [0.2, 0.25) is 5.82 Å². The third kappa shape index (κ3) is 2.86. The minimum atomic E-state index is -0.183. The Morgan fingerprint density at radius 3 is 2.78 bits per heavy atom. The van der Waals surface area contributed by atoms with Crippen molar-refractivity contribution >= 4 is 40.3 Å². The molecule has 10 nitrogen and oxygen atoms in total. The molecule has 0 unspecified atom stereocenters. The second-order valence-corrected chi connectivity index (χ2v) is 8.87. The lowest BCUT2D eigenvalue weighted by atomic mass is 10.2. The van der Waals surface area contributed by atoms with E-state index in [1.165, 1.54) is 19.2 Å². The molecule has 6 rings (SSSR count). The van der Waals surface area contributed by atoms with Crippen LogP contribution < -0.4 is 20.0 Å². The summed E-state index contributed by atoms with van der Waals surface area (Å²) in [6.45, 7) is 3.25. The van der Waals surface area contributed by atoms with E-state index in [0.717, 1.165) is 11.4 Å². The highest BCUT2D eigenvalue weighted by molar-refractivity contribution is 6.08. The summed E-state index contributed by atoms with van der Waals surface area (Å²) in [7, 11) is 1.81. The highest BCUT2D eigenvalue weighted by Crippen LogP contribution is 2.40. The number of hydrogen-bond acceptors (Lipinski definition) is 6. The first kappa shape index (κ1) is 19.2. The number of imidazole rings is 1. The Morgan fingerprint density at radius 2 is 2.00 bits per heavy atom. The first-order valence-electron chi connectivity index (χ1n) is 11.1. The van der Waals surface area contributed by atoms with Crippen molar-refractivity contribution in [2.24, 2.45) is 13.0 Å². The zero-order valence-electron chi connectivity index (χ0n) is 17.9. The van der Waals surface area contributed by atoms with E-state index >= 15 is 0 Å². The van der Waals surface area contributed by atoms with Gasteiger partial charge in [0.05, 0.1) is 13.1 Å². The van der Waals surface area contributed by atoms with Gasteiger partial charge in [0, 0.05) is 19.7 Å². The van der Waals surface area contributed by atoms with Gasteiger partial charge in [-0.05, 0) is 24.8 Å². The first-order valence-corrected chi connectivity index (χ1v) is 11.1. The average molecular weight is 433 g/mol. The molecule has 4 heterocycles. The summed E-state index contributed by atoms with van der Waals surface area (Å²) in [5.74, 6) is 1.46. The van der Waals surface area contributed by atoms with E-state index in [2.05, 4.69) is 30.5 Å². The molecule has 2 fully saturated rings. The van der Waals surface area contributed by atoms with Crippen LogP contribution in [-0.2, 0) is 7.05 Å². The molecule has 2 aliphatic heterocycles. The molecule has 1 aliphatic carbocycles. The number of quaternary nitrogens is 1. The minimum Gasteiger partial charge on any atom is -0.349 e. The van der Waals surface area contributed by atoms with Crippen molar-refractivity contribution in [2.45, 2.75) is 12.8 Å². The topological polar surface area (TPSA) is 105 Å². The number of rotatable bonds is 4. The smallest absolute Gasteiger partial charge is 0.349 e. The number of hydrogen-bond donors (Lipinski definition) is 2. The molecule has 0 atom stereocenters. The van der Waals surface area contributed by atoms with Crippen LogP contribution in [0.4, 0.5) is 22.0 Å². The highest BCUT2D eigenvalue weighted by Gasteiger charge is 2.49. The summed E-state index contributed by atoms with van der Waals surface area (Å²) >= 11 is 0. The van der Waals surface area contributed by atoms with Crippen LogP contribution in [0.2, 0.25) is 0 Å². The summed E-state index contributed by atoms with van der Waals surface area (Å²) in [5.41, 5.74) is 3.16. The van der Waals surface area contributed by atoms with Gasteiger partial charge in [0.25, 0.3) is 5.91 Å². The van der Waals surface area contributed by atoms with Crippen LogP contribution in [0, 0.1) is 5.92 Å². The summed E-state index contributed by atoms with van der Waals surface area (Å²) in [6, 6.07) is 7.91. The van der Waals surface area contributed by atoms with Gasteiger partial charge in [0.15, 0.2) is 22.7 Å². The van der Waals surface area contributed by atoms with Crippen LogP contribution in [-0.4, -0.2) is 64.2 Å². The van der Waals surface area contributed by atoms with Gasteiger partial charge < -0.3 is 14.8 Å². The molecule has 3 aromatic rings. The van der Waals surface area contributed by atoms with Gasteiger partial charge in [-0.25, -0.2) is 24.2 Å². The predicted molar refractivity (Wildman–Crippen MR) is 121 cm³/mol. The van der Waals surface area contributed by atoms with Gasteiger partial charge in [-0.1, -0.05) is 12.1 Å². The molecular weight excluding hydrogens is 408 g/mol. The van der Waals surface area contributed by atoms with Crippen molar-refractivity contribution in [1.82, 2.24) is 29.3 Å². The van der Waals surface area contributed by atoms with Crippen molar-refractivity contribution in [3.63, 3.8) is 0 Å². The fourth-order valence-corrected chi connectivity index (χ4v) is 4.81. The van der Waals surface area contributed by atoms with E-state index in [9.17, 15) is 9.59 Å². The quantitative estimate of drug-likeness (QED) is 0.609. The maximum absolute atomic E-state index is 12.9. The summed E-state index contributed by atoms with van der Waals surface area (Å²) in [6.07, 6.45) is 3.87. The number of piperazine rings is 1. The number of nitrogens with one attached hydrogen (secondary N) is 2. The Labute approximate surface area is 184 Å². The minimum absolute atomic E-state index is 0.0196. The zero-order chi connectivity index (χ0) is 21.9. The van der Waals surface area contributed by atoms with Crippen molar-refractivity contribution < 1.29 is 9.59 Å². The number of carbonyl (C=O) groups excluding carboxylic acids is 2. The SMILES string of the molecule is Cn1c(C(=O)NCC2CC2)nc2c(N3CC[N+]4(CC3)C(=O)Nc3ccccc34)ncnc21. The van der Waals surface area contributed by atoms with Gasteiger partial charge in [0.1, 0.15) is 25.1 Å². The largest absolute Gasteiger partial charge is 0.426 e. The molecule has 1 saturated carbocycles. The van der Waals surface area contributed by atoms with Gasteiger partial charge in [-0.2, -0.15) is 0 Å². The molecule has 2 aromatic heterocycles. The number of urea groups is 1. The predicted octanol–water partition coefficient (Wildman–Crippen LogP) is 1.88. The van der Waals surface area contributed by atoms with E-state index in [0.29, 0.717) is 65.9 Å². The number of aryl methyl sites for hydroxylation is 1. The van der Waals surface area contributed by atoms with Crippen LogP contribution >= 0.6 is 0 Å². The van der Waals surface area contributed by atoms with Crippen LogP contribution in [0.1, 0.15) is 23.5 Å². The van der Waals surface area contributed by atoms with Gasteiger partial charge in [-0.15, -0.1) is 0 Å². The molecule has 1 spiro atoms. The van der Waals surface area contributed by atoms with Crippen LogP contribution in [0.5, 0.6) is 0 Å². The van der Waals surface area contributed by atoms with E-state index in [4.69, 9.17) is 0 Å². The monoisotopic (exact) mass is 433 g/mol. The van der Waals surface area contributed by atoms with E-state index in [1.54, 1.807) is 11.6 Å². The molecule has 2 N–H and O–H groups in total. The second-order valence-electron chi connectivity index (χ2n) is 8.87. The Kier molecular flexibility index (Phi) is 4.19. The number of para-hydroxylation sites is 2. The number of carbonyl (C=O) groups is 2. The van der Waals surface area contributed by atoms with E-state index in [-0.39, 0.29) is 11.9 Å². The molecular formula is C22H25N8O2+. The molecule has 32 heavy (non-hydrogen) atoms. The number of anilines is 2. The summed E-state index contributed by atoms with van der Waals surface area (Å²) in [5, 5.41) is 6.00. The molecule has 1 saturated heterocycles. The van der Waals surface area contributed by atoms with Gasteiger partial charge in [-0.3, -0.25) is 10.1 Å². The zero-order valence-corrected chi connectivity index (χ0v) is 17.9. The normalized spacial score (nSPS) is 19.3. The summed E-state index contributed by atoms with van der Waals surface area (Å²) in [4.78, 5) is 41.2. The number of fused-ring (bicyclic) bond motifs is 3. The molecule has 0 radical (unpaired) electrons. The maximum atomic E-state index is 12.9. The molecule has 0 bridgehead atoms. The number of amides is 3. The number of benzene rings is 1.